The number of carbonyl (C=O) groups is 1. The van der Waals surface area contributed by atoms with E-state index in [1.165, 1.54) is 35.1 Å². The monoisotopic (exact) mass is 383 g/mol. The molecular formula is C17H15Cl2NO3S. The number of anilines is 1. The first-order chi connectivity index (χ1) is 11.4. The van der Waals surface area contributed by atoms with Crippen LogP contribution in [0.2, 0.25) is 10.0 Å². The van der Waals surface area contributed by atoms with Gasteiger partial charge in [-0.25, -0.2) is 0 Å². The van der Waals surface area contributed by atoms with E-state index in [1.807, 2.05) is 12.1 Å². The number of hydrogen-bond acceptors (Lipinski definition) is 4. The SMILES string of the molecule is O=C1Nc2c(Cl)ccc(Cl)c2C1(O)CC(O)c1ccc(C2CC2)s1. The number of nitrogens with one attached hydrogen (secondary N) is 1. The fourth-order valence-electron chi connectivity index (χ4n) is 3.12. The maximum absolute atomic E-state index is 12.4. The minimum absolute atomic E-state index is 0.170. The molecule has 2 heterocycles. The summed E-state index contributed by atoms with van der Waals surface area (Å²) in [4.78, 5) is 14.3. The van der Waals surface area contributed by atoms with Gasteiger partial charge in [-0.2, -0.15) is 0 Å². The normalized spacial score (nSPS) is 23.9. The van der Waals surface area contributed by atoms with Crippen molar-refractivity contribution in [3.63, 3.8) is 0 Å². The lowest BCUT2D eigenvalue weighted by molar-refractivity contribution is -0.137. The smallest absolute Gasteiger partial charge is 0.261 e. The molecule has 7 heteroatoms. The van der Waals surface area contributed by atoms with E-state index >= 15 is 0 Å². The fourth-order valence-corrected chi connectivity index (χ4v) is 4.80. The molecule has 1 aliphatic carbocycles. The Balaban J connectivity index is 1.66. The van der Waals surface area contributed by atoms with E-state index in [9.17, 15) is 15.0 Å². The van der Waals surface area contributed by atoms with Crippen LogP contribution >= 0.6 is 34.5 Å². The summed E-state index contributed by atoms with van der Waals surface area (Å²) < 4.78 is 0. The number of hydrogen-bond donors (Lipinski definition) is 3. The molecule has 2 aliphatic rings. The maximum Gasteiger partial charge on any atom is 0.261 e. The molecule has 0 spiro atoms. The number of amides is 1. The number of halogens is 2. The molecule has 1 aliphatic heterocycles. The Morgan fingerprint density at radius 1 is 1.25 bits per heavy atom. The predicted molar refractivity (Wildman–Crippen MR) is 94.9 cm³/mol. The molecule has 3 N–H and O–H groups in total. The lowest BCUT2D eigenvalue weighted by Gasteiger charge is -2.24. The third kappa shape index (κ3) is 2.55. The molecular weight excluding hydrogens is 369 g/mol. The van der Waals surface area contributed by atoms with Crippen LogP contribution in [0.3, 0.4) is 0 Å². The number of rotatable bonds is 4. The van der Waals surface area contributed by atoms with E-state index in [0.717, 1.165) is 4.88 Å². The Morgan fingerprint density at radius 2 is 1.96 bits per heavy atom. The number of carbonyl (C=O) groups excluding carboxylic acids is 1. The summed E-state index contributed by atoms with van der Waals surface area (Å²) in [5.41, 5.74) is -1.35. The van der Waals surface area contributed by atoms with Crippen molar-refractivity contribution >= 4 is 46.1 Å². The molecule has 4 nitrogen and oxygen atoms in total. The van der Waals surface area contributed by atoms with Crippen LogP contribution < -0.4 is 5.32 Å². The van der Waals surface area contributed by atoms with Gasteiger partial charge in [0.05, 0.1) is 16.8 Å². The molecule has 1 saturated carbocycles. The van der Waals surface area contributed by atoms with Crippen molar-refractivity contribution in [3.05, 3.63) is 49.6 Å². The molecule has 1 amide bonds. The third-order valence-corrected chi connectivity index (χ3v) is 6.55. The van der Waals surface area contributed by atoms with E-state index in [4.69, 9.17) is 23.2 Å². The van der Waals surface area contributed by atoms with Gasteiger partial charge < -0.3 is 15.5 Å². The second-order valence-electron chi connectivity index (χ2n) is 6.33. The minimum Gasteiger partial charge on any atom is -0.387 e. The van der Waals surface area contributed by atoms with E-state index in [2.05, 4.69) is 5.32 Å². The van der Waals surface area contributed by atoms with E-state index in [-0.39, 0.29) is 17.0 Å². The molecule has 1 aromatic heterocycles. The summed E-state index contributed by atoms with van der Waals surface area (Å²) >= 11 is 13.8. The molecule has 24 heavy (non-hydrogen) atoms. The Bertz CT molecular complexity index is 833. The van der Waals surface area contributed by atoms with Gasteiger partial charge in [-0.3, -0.25) is 4.79 Å². The van der Waals surface area contributed by atoms with Crippen molar-refractivity contribution < 1.29 is 15.0 Å². The van der Waals surface area contributed by atoms with Crippen LogP contribution in [0, 0.1) is 0 Å². The lowest BCUT2D eigenvalue weighted by Crippen LogP contribution is -2.36. The largest absolute Gasteiger partial charge is 0.387 e. The zero-order valence-corrected chi connectivity index (χ0v) is 14.9. The highest BCUT2D eigenvalue weighted by Crippen LogP contribution is 2.49. The average Bonchev–Trinajstić information content (AvgIpc) is 3.20. The van der Waals surface area contributed by atoms with Crippen LogP contribution in [0.15, 0.2) is 24.3 Å². The second-order valence-corrected chi connectivity index (χ2v) is 8.29. The molecule has 1 fully saturated rings. The van der Waals surface area contributed by atoms with Crippen molar-refractivity contribution in [2.24, 2.45) is 0 Å². The molecule has 0 radical (unpaired) electrons. The van der Waals surface area contributed by atoms with Crippen LogP contribution in [-0.2, 0) is 10.4 Å². The van der Waals surface area contributed by atoms with E-state index in [0.29, 0.717) is 16.6 Å². The predicted octanol–water partition coefficient (Wildman–Crippen LogP) is 4.20. The fraction of sp³-hybridized carbons (Fsp3) is 0.353. The topological polar surface area (TPSA) is 69.6 Å². The van der Waals surface area contributed by atoms with Gasteiger partial charge in [-0.1, -0.05) is 23.2 Å². The summed E-state index contributed by atoms with van der Waals surface area (Å²) in [6.07, 6.45) is 1.24. The first-order valence-corrected chi connectivity index (χ1v) is 9.27. The van der Waals surface area contributed by atoms with Crippen LogP contribution in [0.5, 0.6) is 0 Å². The Kier molecular flexibility index (Phi) is 3.90. The van der Waals surface area contributed by atoms with Gasteiger partial charge in [0.1, 0.15) is 0 Å². The van der Waals surface area contributed by atoms with Gasteiger partial charge in [0.15, 0.2) is 5.60 Å². The summed E-state index contributed by atoms with van der Waals surface area (Å²) in [6.45, 7) is 0. The quantitative estimate of drug-likeness (QED) is 0.740. The van der Waals surface area contributed by atoms with Crippen molar-refractivity contribution in [1.29, 1.82) is 0 Å². The zero-order chi connectivity index (χ0) is 17.1. The van der Waals surface area contributed by atoms with Crippen molar-refractivity contribution in [1.82, 2.24) is 0 Å². The molecule has 2 aromatic rings. The number of benzene rings is 1. The summed E-state index contributed by atoms with van der Waals surface area (Å²) in [5, 5.41) is 24.6. The second kappa shape index (κ2) is 5.71. The number of aliphatic hydroxyl groups is 2. The van der Waals surface area contributed by atoms with E-state index in [1.54, 1.807) is 6.07 Å². The van der Waals surface area contributed by atoms with Gasteiger partial charge in [-0.05, 0) is 43.0 Å². The highest BCUT2D eigenvalue weighted by atomic mass is 35.5. The van der Waals surface area contributed by atoms with E-state index < -0.39 is 17.6 Å². The minimum atomic E-state index is -1.90. The van der Waals surface area contributed by atoms with Gasteiger partial charge in [0, 0.05) is 26.8 Å². The highest BCUT2D eigenvalue weighted by Gasteiger charge is 2.49. The number of aliphatic hydroxyl groups excluding tert-OH is 1. The number of thiophene rings is 1. The molecule has 2 atom stereocenters. The van der Waals surface area contributed by atoms with Gasteiger partial charge in [-0.15, -0.1) is 11.3 Å². The van der Waals surface area contributed by atoms with Crippen LogP contribution in [0.4, 0.5) is 5.69 Å². The van der Waals surface area contributed by atoms with Crippen molar-refractivity contribution in [2.75, 3.05) is 5.32 Å². The summed E-state index contributed by atoms with van der Waals surface area (Å²) in [6, 6.07) is 6.97. The van der Waals surface area contributed by atoms with Crippen LogP contribution in [0.1, 0.15) is 46.6 Å². The summed E-state index contributed by atoms with van der Waals surface area (Å²) in [5.74, 6) is -0.0201. The standard InChI is InChI=1S/C17H15Cl2NO3S/c18-9-3-4-10(19)15-14(9)17(23,16(22)20-15)7-11(21)13-6-5-12(24-13)8-1-2-8/h3-6,8,11,21,23H,1-2,7H2,(H,20,22). The molecule has 126 valence electrons. The highest BCUT2D eigenvalue weighted by molar-refractivity contribution is 7.12. The summed E-state index contributed by atoms with van der Waals surface area (Å²) in [7, 11) is 0. The first-order valence-electron chi connectivity index (χ1n) is 7.70. The third-order valence-electron chi connectivity index (χ3n) is 4.58. The molecule has 2 unspecified atom stereocenters. The lowest BCUT2D eigenvalue weighted by atomic mass is 9.89. The van der Waals surface area contributed by atoms with Crippen molar-refractivity contribution in [2.45, 2.75) is 36.9 Å². The van der Waals surface area contributed by atoms with Crippen molar-refractivity contribution in [3.8, 4) is 0 Å². The number of fused-ring (bicyclic) bond motifs is 1. The average molecular weight is 384 g/mol. The maximum atomic E-state index is 12.4. The zero-order valence-electron chi connectivity index (χ0n) is 12.6. The molecule has 1 aromatic carbocycles. The molecule has 4 rings (SSSR count). The molecule has 0 saturated heterocycles. The van der Waals surface area contributed by atoms with Gasteiger partial charge in [0.25, 0.3) is 5.91 Å². The Hall–Kier alpha value is -1.11. The van der Waals surface area contributed by atoms with Crippen LogP contribution in [-0.4, -0.2) is 16.1 Å². The Labute approximate surface area is 153 Å². The van der Waals surface area contributed by atoms with Gasteiger partial charge >= 0.3 is 0 Å². The molecule has 0 bridgehead atoms. The first kappa shape index (κ1) is 16.4. The van der Waals surface area contributed by atoms with Gasteiger partial charge in [0.2, 0.25) is 0 Å². The Morgan fingerprint density at radius 3 is 2.67 bits per heavy atom. The van der Waals surface area contributed by atoms with Crippen LogP contribution in [0.25, 0.3) is 0 Å².